The smallest absolute Gasteiger partial charge is 0.252 e. The molecule has 4 N–H and O–H groups in total. The van der Waals surface area contributed by atoms with Crippen LogP contribution in [0, 0.1) is 0 Å². The highest BCUT2D eigenvalue weighted by Crippen LogP contribution is 2.22. The van der Waals surface area contributed by atoms with Crippen LogP contribution in [-0.4, -0.2) is 22.5 Å². The summed E-state index contributed by atoms with van der Waals surface area (Å²) in [7, 11) is 0. The van der Waals surface area contributed by atoms with Gasteiger partial charge in [-0.15, -0.1) is 0 Å². The predicted molar refractivity (Wildman–Crippen MR) is 65.8 cm³/mol. The molecule has 0 bridgehead atoms. The van der Waals surface area contributed by atoms with Crippen molar-refractivity contribution in [3.05, 3.63) is 29.0 Å². The molecule has 3 rings (SSSR count). The molecule has 0 spiro atoms. The molecule has 0 atom stereocenters. The van der Waals surface area contributed by atoms with Crippen molar-refractivity contribution in [3.63, 3.8) is 0 Å². The normalized spacial score (nSPS) is 14.4. The van der Waals surface area contributed by atoms with Crippen molar-refractivity contribution in [2.45, 2.75) is 13.0 Å². The lowest BCUT2D eigenvalue weighted by Gasteiger charge is -2.16. The number of fused-ring (bicyclic) bond motifs is 2. The molecule has 0 radical (unpaired) electrons. The molecule has 6 nitrogen and oxygen atoms in total. The van der Waals surface area contributed by atoms with Gasteiger partial charge in [-0.1, -0.05) is 0 Å². The maximum Gasteiger partial charge on any atom is 0.252 e. The first kappa shape index (κ1) is 10.9. The van der Waals surface area contributed by atoms with Gasteiger partial charge in [0.25, 0.3) is 5.91 Å². The van der Waals surface area contributed by atoms with E-state index in [9.17, 15) is 4.79 Å². The lowest BCUT2D eigenvalue weighted by Crippen LogP contribution is -2.16. The average molecular weight is 244 g/mol. The van der Waals surface area contributed by atoms with E-state index in [4.69, 9.17) is 16.2 Å². The summed E-state index contributed by atoms with van der Waals surface area (Å²) in [4.78, 5) is 19.8. The zero-order valence-electron chi connectivity index (χ0n) is 9.64. The van der Waals surface area contributed by atoms with Crippen LogP contribution in [0.1, 0.15) is 21.6 Å². The van der Waals surface area contributed by atoms with Crippen LogP contribution in [0.4, 0.5) is 5.82 Å². The van der Waals surface area contributed by atoms with Crippen molar-refractivity contribution >= 4 is 22.8 Å². The summed E-state index contributed by atoms with van der Waals surface area (Å²) in [5, 5.41) is 0.752. The molecular weight excluding hydrogens is 232 g/mol. The van der Waals surface area contributed by atoms with E-state index in [1.165, 1.54) is 0 Å². The van der Waals surface area contributed by atoms with E-state index in [0.717, 1.165) is 23.1 Å². The molecule has 92 valence electrons. The van der Waals surface area contributed by atoms with Crippen LogP contribution >= 0.6 is 0 Å². The lowest BCUT2D eigenvalue weighted by molar-refractivity contribution is 0.100. The fraction of sp³-hybridized carbons (Fsp3) is 0.250. The molecule has 3 heterocycles. The fourth-order valence-electron chi connectivity index (χ4n) is 2.09. The molecule has 1 aliphatic heterocycles. The summed E-state index contributed by atoms with van der Waals surface area (Å²) in [6.45, 7) is 1.20. The van der Waals surface area contributed by atoms with E-state index in [2.05, 4.69) is 9.97 Å². The predicted octanol–water partition coefficient (Wildman–Crippen LogP) is 0.384. The molecule has 0 saturated carbocycles. The molecule has 0 aromatic carbocycles. The Morgan fingerprint density at radius 2 is 2.17 bits per heavy atom. The first-order chi connectivity index (χ1) is 8.65. The molecule has 0 aliphatic carbocycles. The topological polar surface area (TPSA) is 104 Å². The Morgan fingerprint density at radius 3 is 2.94 bits per heavy atom. The highest BCUT2D eigenvalue weighted by Gasteiger charge is 2.15. The minimum atomic E-state index is -0.587. The average Bonchev–Trinajstić information content (AvgIpc) is 2.35. The van der Waals surface area contributed by atoms with E-state index in [1.807, 2.05) is 6.07 Å². The third-order valence-electron chi connectivity index (χ3n) is 3.01. The van der Waals surface area contributed by atoms with E-state index in [-0.39, 0.29) is 11.4 Å². The number of hydrogen-bond acceptors (Lipinski definition) is 5. The Kier molecular flexibility index (Phi) is 2.38. The number of amides is 1. The first-order valence-electron chi connectivity index (χ1n) is 5.62. The summed E-state index contributed by atoms with van der Waals surface area (Å²) in [5.74, 6) is -0.467. The van der Waals surface area contributed by atoms with Crippen LogP contribution in [0.5, 0.6) is 0 Å². The maximum atomic E-state index is 11.2. The van der Waals surface area contributed by atoms with Crippen molar-refractivity contribution < 1.29 is 9.53 Å². The van der Waals surface area contributed by atoms with Crippen molar-refractivity contribution in [2.24, 2.45) is 5.73 Å². The number of nitrogens with two attached hydrogens (primary N) is 2. The van der Waals surface area contributed by atoms with E-state index in [0.29, 0.717) is 18.9 Å². The largest absolute Gasteiger partial charge is 0.383 e. The van der Waals surface area contributed by atoms with Crippen LogP contribution in [0.15, 0.2) is 12.1 Å². The number of pyridine rings is 2. The Bertz CT molecular complexity index is 654. The van der Waals surface area contributed by atoms with Gasteiger partial charge >= 0.3 is 0 Å². The number of carbonyl (C=O) groups is 1. The van der Waals surface area contributed by atoms with Crippen LogP contribution in [-0.2, 0) is 17.8 Å². The molecular formula is C12H12N4O2. The van der Waals surface area contributed by atoms with Crippen LogP contribution in [0.3, 0.4) is 0 Å². The summed E-state index contributed by atoms with van der Waals surface area (Å²) in [5.41, 5.74) is 13.7. The number of carbonyl (C=O) groups excluding carboxylic acids is 1. The van der Waals surface area contributed by atoms with Gasteiger partial charge in [0.05, 0.1) is 24.5 Å². The summed E-state index contributed by atoms with van der Waals surface area (Å²) < 4.78 is 5.37. The number of ether oxygens (including phenoxy) is 1. The minimum absolute atomic E-state index is 0.120. The Morgan fingerprint density at radius 1 is 1.33 bits per heavy atom. The number of hydrogen-bond donors (Lipinski definition) is 2. The van der Waals surface area contributed by atoms with Crippen molar-refractivity contribution in [1.29, 1.82) is 0 Å². The van der Waals surface area contributed by atoms with E-state index >= 15 is 0 Å². The Balaban J connectivity index is 2.25. The number of primary amides is 1. The highest BCUT2D eigenvalue weighted by atomic mass is 16.5. The Hall–Kier alpha value is -2.21. The Labute approximate surface area is 103 Å². The van der Waals surface area contributed by atoms with Gasteiger partial charge in [-0.05, 0) is 12.1 Å². The second-order valence-corrected chi connectivity index (χ2v) is 4.23. The third-order valence-corrected chi connectivity index (χ3v) is 3.01. The van der Waals surface area contributed by atoms with Crippen LogP contribution in [0.25, 0.3) is 11.0 Å². The molecule has 1 aliphatic rings. The number of nitrogen functional groups attached to an aromatic ring is 1. The first-order valence-corrected chi connectivity index (χ1v) is 5.62. The van der Waals surface area contributed by atoms with Crippen molar-refractivity contribution in [1.82, 2.24) is 9.97 Å². The lowest BCUT2D eigenvalue weighted by atomic mass is 10.1. The minimum Gasteiger partial charge on any atom is -0.383 e. The zero-order valence-corrected chi connectivity index (χ0v) is 9.64. The van der Waals surface area contributed by atoms with Gasteiger partial charge in [0.1, 0.15) is 5.82 Å². The molecule has 2 aromatic heterocycles. The van der Waals surface area contributed by atoms with Gasteiger partial charge in [0, 0.05) is 17.4 Å². The number of rotatable bonds is 1. The van der Waals surface area contributed by atoms with Crippen LogP contribution < -0.4 is 11.5 Å². The van der Waals surface area contributed by atoms with Crippen molar-refractivity contribution in [2.75, 3.05) is 12.3 Å². The monoisotopic (exact) mass is 244 g/mol. The number of aromatic nitrogens is 2. The zero-order chi connectivity index (χ0) is 12.7. The molecule has 6 heteroatoms. The quantitative estimate of drug-likeness (QED) is 0.754. The number of nitrogens with zero attached hydrogens (tertiary/aromatic N) is 2. The SMILES string of the molecule is NC(=O)c1cc2cc3c(nc2nc1N)CCOC3. The molecule has 1 amide bonds. The van der Waals surface area contributed by atoms with Gasteiger partial charge in [-0.3, -0.25) is 4.79 Å². The third kappa shape index (κ3) is 1.67. The molecule has 2 aromatic rings. The second-order valence-electron chi connectivity index (χ2n) is 4.23. The summed E-state index contributed by atoms with van der Waals surface area (Å²) >= 11 is 0. The fourth-order valence-corrected chi connectivity index (χ4v) is 2.09. The molecule has 0 saturated heterocycles. The summed E-state index contributed by atoms with van der Waals surface area (Å²) in [6, 6.07) is 3.55. The van der Waals surface area contributed by atoms with Crippen LogP contribution in [0.2, 0.25) is 0 Å². The molecule has 0 unspecified atom stereocenters. The standard InChI is InChI=1S/C12H12N4O2/c13-10-8(11(14)17)4-6-3-7-5-18-2-1-9(7)15-12(6)16-10/h3-4H,1-2,5H2,(H2,14,17)(H2,13,15,16). The van der Waals surface area contributed by atoms with Gasteiger partial charge in [-0.2, -0.15) is 0 Å². The van der Waals surface area contributed by atoms with E-state index < -0.39 is 5.91 Å². The summed E-state index contributed by atoms with van der Waals surface area (Å²) in [6.07, 6.45) is 0.768. The van der Waals surface area contributed by atoms with Gasteiger partial charge in [0.2, 0.25) is 0 Å². The van der Waals surface area contributed by atoms with Gasteiger partial charge in [-0.25, -0.2) is 9.97 Å². The maximum absolute atomic E-state index is 11.2. The van der Waals surface area contributed by atoms with Crippen molar-refractivity contribution in [3.8, 4) is 0 Å². The van der Waals surface area contributed by atoms with Gasteiger partial charge < -0.3 is 16.2 Å². The molecule has 0 fully saturated rings. The second kappa shape index (κ2) is 3.92. The van der Waals surface area contributed by atoms with E-state index in [1.54, 1.807) is 6.07 Å². The van der Waals surface area contributed by atoms with Gasteiger partial charge in [0.15, 0.2) is 5.65 Å². The number of anilines is 1. The molecule has 18 heavy (non-hydrogen) atoms. The highest BCUT2D eigenvalue weighted by molar-refractivity contribution is 6.00.